The molecule has 1 heterocycles. The van der Waals surface area contributed by atoms with E-state index in [1.165, 1.54) is 39.0 Å². The van der Waals surface area contributed by atoms with Gasteiger partial charge in [-0.05, 0) is 35.7 Å². The van der Waals surface area contributed by atoms with Crippen LogP contribution in [0, 0.1) is 0 Å². The fourth-order valence-electron chi connectivity index (χ4n) is 3.70. The van der Waals surface area contributed by atoms with E-state index in [2.05, 4.69) is 96.9 Å². The van der Waals surface area contributed by atoms with E-state index in [0.717, 1.165) is 6.42 Å². The summed E-state index contributed by atoms with van der Waals surface area (Å²) in [5.74, 6) is 0. The summed E-state index contributed by atoms with van der Waals surface area (Å²) in [6.45, 7) is 14.2. The third-order valence-corrected chi connectivity index (χ3v) is 4.77. The highest BCUT2D eigenvalue weighted by Gasteiger charge is 2.19. The van der Waals surface area contributed by atoms with Crippen molar-refractivity contribution in [3.8, 4) is 16.8 Å². The highest BCUT2D eigenvalue weighted by Crippen LogP contribution is 2.39. The molecule has 0 spiro atoms. The minimum absolute atomic E-state index is 0.963. The number of rotatable bonds is 4. The summed E-state index contributed by atoms with van der Waals surface area (Å²) in [5.41, 5.74) is 7.53. The van der Waals surface area contributed by atoms with Gasteiger partial charge in [0, 0.05) is 22.3 Å². The lowest BCUT2D eigenvalue weighted by Crippen LogP contribution is -2.00. The van der Waals surface area contributed by atoms with Crippen molar-refractivity contribution in [2.75, 3.05) is 0 Å². The van der Waals surface area contributed by atoms with Crippen molar-refractivity contribution < 1.29 is 0 Å². The smallest absolute Gasteiger partial charge is 0.0537 e. The summed E-state index contributed by atoms with van der Waals surface area (Å²) in [6, 6.07) is 27.8. The van der Waals surface area contributed by atoms with Crippen LogP contribution < -0.4 is 0 Å². The molecule has 3 aromatic carbocycles. The Kier molecular flexibility index (Phi) is 8.48. The Morgan fingerprint density at radius 2 is 1.34 bits per heavy atom. The molecule has 0 saturated heterocycles. The lowest BCUT2D eigenvalue weighted by atomic mass is 9.96. The second-order valence-corrected chi connectivity index (χ2v) is 6.15. The van der Waals surface area contributed by atoms with Crippen molar-refractivity contribution in [1.29, 1.82) is 0 Å². The zero-order chi connectivity index (χ0) is 21.2. The molecule has 0 fully saturated rings. The summed E-state index contributed by atoms with van der Waals surface area (Å²) < 4.78 is 2.39. The number of hydrogen-bond donors (Lipinski definition) is 0. The number of nitrogens with zero attached hydrogens (tertiary/aromatic N) is 1. The van der Waals surface area contributed by atoms with Gasteiger partial charge < -0.3 is 4.57 Å². The summed E-state index contributed by atoms with van der Waals surface area (Å²) in [7, 11) is 0. The molecule has 4 aromatic rings. The zero-order valence-corrected chi connectivity index (χ0v) is 18.4. The molecule has 1 heteroatoms. The molecule has 0 aliphatic heterocycles. The number of aromatic nitrogens is 1. The van der Waals surface area contributed by atoms with E-state index in [1.54, 1.807) is 0 Å². The van der Waals surface area contributed by atoms with Crippen LogP contribution in [0.2, 0.25) is 0 Å². The molecular formula is C28H33N. The Balaban J connectivity index is 0.000000707. The number of benzene rings is 3. The van der Waals surface area contributed by atoms with E-state index in [-0.39, 0.29) is 0 Å². The Hall–Kier alpha value is -3.06. The predicted molar refractivity (Wildman–Crippen MR) is 131 cm³/mol. The predicted octanol–water partition coefficient (Wildman–Crippen LogP) is 8.56. The van der Waals surface area contributed by atoms with Crippen LogP contribution in [0.5, 0.6) is 0 Å². The van der Waals surface area contributed by atoms with E-state index in [1.807, 2.05) is 33.8 Å². The standard InChI is InChI=1S/C24H21N.2C2H6/c1-3-18-12-8-9-15-20(18)24-21-16-10-11-17-23(21)25(22(24)4-2)19-13-6-5-7-14-19;2*1-2/h3,5-17H,1,4H2,2H3;2*1-2H3. The maximum Gasteiger partial charge on any atom is 0.0537 e. The third-order valence-electron chi connectivity index (χ3n) is 4.77. The molecule has 0 saturated carbocycles. The molecule has 0 bridgehead atoms. The first-order valence-corrected chi connectivity index (χ1v) is 10.7. The third kappa shape index (κ3) is 4.35. The van der Waals surface area contributed by atoms with E-state index < -0.39 is 0 Å². The molecule has 29 heavy (non-hydrogen) atoms. The lowest BCUT2D eigenvalue weighted by Gasteiger charge is -2.12. The van der Waals surface area contributed by atoms with Gasteiger partial charge in [-0.3, -0.25) is 0 Å². The summed E-state index contributed by atoms with van der Waals surface area (Å²) in [4.78, 5) is 0. The average Bonchev–Trinajstić information content (AvgIpc) is 3.16. The van der Waals surface area contributed by atoms with E-state index >= 15 is 0 Å². The number of fused-ring (bicyclic) bond motifs is 1. The van der Waals surface area contributed by atoms with Crippen LogP contribution in [0.4, 0.5) is 0 Å². The van der Waals surface area contributed by atoms with Crippen LogP contribution in [0.1, 0.15) is 45.9 Å². The molecule has 0 amide bonds. The van der Waals surface area contributed by atoms with Gasteiger partial charge in [-0.1, -0.05) is 108 Å². The number of para-hydroxylation sites is 2. The van der Waals surface area contributed by atoms with Gasteiger partial charge in [-0.15, -0.1) is 0 Å². The Bertz CT molecular complexity index is 1040. The van der Waals surface area contributed by atoms with Crippen LogP contribution in [0.3, 0.4) is 0 Å². The first-order valence-electron chi connectivity index (χ1n) is 10.7. The fraction of sp³-hybridized carbons (Fsp3) is 0.214. The largest absolute Gasteiger partial charge is 0.313 e. The quantitative estimate of drug-likeness (QED) is 0.332. The molecule has 0 unspecified atom stereocenters. The van der Waals surface area contributed by atoms with E-state index in [4.69, 9.17) is 0 Å². The number of hydrogen-bond acceptors (Lipinski definition) is 0. The van der Waals surface area contributed by atoms with Crippen LogP contribution >= 0.6 is 0 Å². The second kappa shape index (κ2) is 11.1. The summed E-state index contributed by atoms with van der Waals surface area (Å²) in [6.07, 6.45) is 2.91. The minimum Gasteiger partial charge on any atom is -0.313 e. The summed E-state index contributed by atoms with van der Waals surface area (Å²) in [5, 5.41) is 1.29. The van der Waals surface area contributed by atoms with Gasteiger partial charge >= 0.3 is 0 Å². The first kappa shape index (κ1) is 22.2. The maximum absolute atomic E-state index is 4.01. The van der Waals surface area contributed by atoms with Crippen LogP contribution in [0.15, 0.2) is 85.4 Å². The molecular weight excluding hydrogens is 350 g/mol. The topological polar surface area (TPSA) is 4.93 Å². The van der Waals surface area contributed by atoms with Gasteiger partial charge in [0.25, 0.3) is 0 Å². The molecule has 0 radical (unpaired) electrons. The van der Waals surface area contributed by atoms with Crippen molar-refractivity contribution in [1.82, 2.24) is 4.57 Å². The Labute approximate surface area is 176 Å². The Morgan fingerprint density at radius 3 is 2.00 bits per heavy atom. The Morgan fingerprint density at radius 1 is 0.759 bits per heavy atom. The summed E-state index contributed by atoms with van der Waals surface area (Å²) >= 11 is 0. The van der Waals surface area contributed by atoms with Crippen molar-refractivity contribution in [3.63, 3.8) is 0 Å². The van der Waals surface area contributed by atoms with Gasteiger partial charge in [0.1, 0.15) is 0 Å². The highest BCUT2D eigenvalue weighted by molar-refractivity contribution is 6.01. The molecule has 0 aliphatic carbocycles. The minimum atomic E-state index is 0.963. The van der Waals surface area contributed by atoms with Gasteiger partial charge in [-0.25, -0.2) is 0 Å². The molecule has 0 aliphatic rings. The second-order valence-electron chi connectivity index (χ2n) is 6.15. The SMILES string of the molecule is C=Cc1ccccc1-c1c(CC)n(-c2ccccc2)c2ccccc12.CC.CC. The van der Waals surface area contributed by atoms with Gasteiger partial charge in [-0.2, -0.15) is 0 Å². The molecule has 1 nitrogen and oxygen atoms in total. The van der Waals surface area contributed by atoms with Crippen molar-refractivity contribution >= 4 is 17.0 Å². The average molecular weight is 384 g/mol. The maximum atomic E-state index is 4.01. The molecule has 0 atom stereocenters. The van der Waals surface area contributed by atoms with E-state index in [9.17, 15) is 0 Å². The lowest BCUT2D eigenvalue weighted by molar-refractivity contribution is 0.963. The molecule has 150 valence electrons. The molecule has 4 rings (SSSR count). The van der Waals surface area contributed by atoms with Crippen molar-refractivity contribution in [2.24, 2.45) is 0 Å². The molecule has 0 N–H and O–H groups in total. The van der Waals surface area contributed by atoms with Crippen LogP contribution in [-0.2, 0) is 6.42 Å². The van der Waals surface area contributed by atoms with Gasteiger partial charge in [0.2, 0.25) is 0 Å². The fourth-order valence-corrected chi connectivity index (χ4v) is 3.70. The van der Waals surface area contributed by atoms with Gasteiger partial charge in [0.05, 0.1) is 5.52 Å². The normalized spacial score (nSPS) is 9.83. The van der Waals surface area contributed by atoms with Gasteiger partial charge in [0.15, 0.2) is 0 Å². The zero-order valence-electron chi connectivity index (χ0n) is 18.4. The molecule has 1 aromatic heterocycles. The van der Waals surface area contributed by atoms with Crippen LogP contribution in [-0.4, -0.2) is 4.57 Å². The highest BCUT2D eigenvalue weighted by atomic mass is 15.0. The van der Waals surface area contributed by atoms with Crippen molar-refractivity contribution in [3.05, 3.63) is 96.7 Å². The van der Waals surface area contributed by atoms with E-state index in [0.29, 0.717) is 0 Å². The monoisotopic (exact) mass is 383 g/mol. The van der Waals surface area contributed by atoms with Crippen LogP contribution in [0.25, 0.3) is 33.8 Å². The van der Waals surface area contributed by atoms with Crippen molar-refractivity contribution in [2.45, 2.75) is 41.0 Å². The first-order chi connectivity index (χ1) is 14.3.